The summed E-state index contributed by atoms with van der Waals surface area (Å²) in [6.07, 6.45) is 0.852. The molecule has 1 atom stereocenters. The van der Waals surface area contributed by atoms with Gasteiger partial charge in [-0.15, -0.1) is 0 Å². The fourth-order valence-electron chi connectivity index (χ4n) is 3.88. The quantitative estimate of drug-likeness (QED) is 0.496. The van der Waals surface area contributed by atoms with Crippen LogP contribution in [0.2, 0.25) is 0 Å². The summed E-state index contributed by atoms with van der Waals surface area (Å²) in [7, 11) is 0. The van der Waals surface area contributed by atoms with Crippen molar-refractivity contribution in [3.05, 3.63) is 75.1 Å². The molecule has 0 aromatic heterocycles. The first-order valence-corrected chi connectivity index (χ1v) is 10.5. The first kappa shape index (κ1) is 18.1. The molecule has 7 heteroatoms. The normalized spacial score (nSPS) is 15.4. The molecule has 0 unspecified atom stereocenters. The van der Waals surface area contributed by atoms with Crippen molar-refractivity contribution >= 4 is 21.7 Å². The number of hydrogen-bond donors (Lipinski definition) is 1. The smallest absolute Gasteiger partial charge is 0.331 e. The Kier molecular flexibility index (Phi) is 4.47. The highest BCUT2D eigenvalue weighted by atomic mass is 79.9. The summed E-state index contributed by atoms with van der Waals surface area (Å²) in [5, 5.41) is 3.52. The van der Waals surface area contributed by atoms with Gasteiger partial charge in [-0.25, -0.2) is 14.8 Å². The number of nitrogens with one attached hydrogen (secondary N) is 1. The number of halogens is 1. The van der Waals surface area contributed by atoms with E-state index in [-0.39, 0.29) is 11.7 Å². The molecule has 0 saturated heterocycles. The second-order valence-corrected chi connectivity index (χ2v) is 8.14. The van der Waals surface area contributed by atoms with Gasteiger partial charge in [-0.1, -0.05) is 65.3 Å². The summed E-state index contributed by atoms with van der Waals surface area (Å²) in [6.45, 7) is 3.26. The molecule has 6 nitrogen and oxygen atoms in total. The van der Waals surface area contributed by atoms with E-state index >= 15 is 0 Å². The molecule has 0 bridgehead atoms. The van der Waals surface area contributed by atoms with Crippen molar-refractivity contribution in [1.82, 2.24) is 19.1 Å². The van der Waals surface area contributed by atoms with E-state index in [0.717, 1.165) is 33.5 Å². The van der Waals surface area contributed by atoms with E-state index < -0.39 is 0 Å². The molecule has 29 heavy (non-hydrogen) atoms. The number of imidazole rings is 1. The molecule has 3 aliphatic rings. The van der Waals surface area contributed by atoms with Gasteiger partial charge in [-0.2, -0.15) is 0 Å². The van der Waals surface area contributed by atoms with Crippen LogP contribution in [0.4, 0.5) is 5.82 Å². The maximum atomic E-state index is 13.2. The molecular formula is C22H20BrN5O. The average Bonchev–Trinajstić information content (AvgIpc) is 3.37. The molecule has 0 radical (unpaired) electrons. The van der Waals surface area contributed by atoms with E-state index in [2.05, 4.69) is 40.3 Å². The maximum Gasteiger partial charge on any atom is 0.331 e. The zero-order chi connectivity index (χ0) is 20.0. The minimum Gasteiger partial charge on any atom is -0.361 e. The lowest BCUT2D eigenvalue weighted by Gasteiger charge is -2.13. The van der Waals surface area contributed by atoms with Crippen LogP contribution in [0.15, 0.2) is 63.9 Å². The number of anilines is 1. The third kappa shape index (κ3) is 3.06. The van der Waals surface area contributed by atoms with Gasteiger partial charge in [0.25, 0.3) is 0 Å². The predicted octanol–water partition coefficient (Wildman–Crippen LogP) is 4.55. The van der Waals surface area contributed by atoms with Crippen molar-refractivity contribution in [2.24, 2.45) is 0 Å². The zero-order valence-electron chi connectivity index (χ0n) is 16.0. The van der Waals surface area contributed by atoms with Crippen LogP contribution in [-0.4, -0.2) is 19.1 Å². The highest BCUT2D eigenvalue weighted by Gasteiger charge is 2.32. The molecule has 5 rings (SSSR count). The molecule has 2 aromatic rings. The lowest BCUT2D eigenvalue weighted by Crippen LogP contribution is -2.31. The lowest BCUT2D eigenvalue weighted by molar-refractivity contribution is 0.569. The number of nitrogens with zero attached hydrogens (tertiary/aromatic N) is 4. The van der Waals surface area contributed by atoms with E-state index in [1.165, 1.54) is 0 Å². The number of benzene rings is 2. The fraction of sp³-hybridized carbons (Fsp3) is 0.227. The Balaban J connectivity index is 1.67. The molecule has 0 fully saturated rings. The van der Waals surface area contributed by atoms with Gasteiger partial charge in [0.1, 0.15) is 11.5 Å². The Morgan fingerprint density at radius 3 is 2.59 bits per heavy atom. The molecular weight excluding hydrogens is 430 g/mol. The van der Waals surface area contributed by atoms with E-state index in [1.54, 1.807) is 9.13 Å². The third-order valence-electron chi connectivity index (χ3n) is 5.28. The van der Waals surface area contributed by atoms with Crippen molar-refractivity contribution in [3.8, 4) is 22.9 Å². The van der Waals surface area contributed by atoms with E-state index in [9.17, 15) is 4.79 Å². The molecule has 1 N–H and O–H groups in total. The van der Waals surface area contributed by atoms with E-state index in [0.29, 0.717) is 24.7 Å². The number of rotatable bonds is 4. The fourth-order valence-corrected chi connectivity index (χ4v) is 4.14. The Hall–Kier alpha value is -2.93. The van der Waals surface area contributed by atoms with Crippen LogP contribution in [0, 0.1) is 0 Å². The van der Waals surface area contributed by atoms with Crippen molar-refractivity contribution in [1.29, 1.82) is 0 Å². The molecule has 146 valence electrons. The highest BCUT2D eigenvalue weighted by Crippen LogP contribution is 2.36. The lowest BCUT2D eigenvalue weighted by atomic mass is 10.1. The highest BCUT2D eigenvalue weighted by molar-refractivity contribution is 9.10. The topological polar surface area (TPSA) is 64.7 Å². The number of fused-ring (bicyclic) bond motifs is 3. The summed E-state index contributed by atoms with van der Waals surface area (Å²) >= 11 is 3.46. The maximum absolute atomic E-state index is 13.2. The third-order valence-corrected chi connectivity index (χ3v) is 5.81. The SMILES string of the molecule is CCCn1c2nc(-c3ccc(Br)cc3)nc-2c2n(c1=O)C[C@H](c1ccccc1)N2. The summed E-state index contributed by atoms with van der Waals surface area (Å²) in [5.41, 5.74) is 2.78. The molecule has 0 spiro atoms. The van der Waals surface area contributed by atoms with Gasteiger partial charge in [0, 0.05) is 16.6 Å². The standard InChI is InChI=1S/C22H20BrN5O/c1-2-12-27-21-18(25-19(26-21)15-8-10-16(23)11-9-15)20-24-17(13-28(20)22(27)29)14-6-4-3-5-7-14/h3-11,17,24H,2,12-13H2,1H3/t17-/m1/s1. The Morgan fingerprint density at radius 1 is 1.10 bits per heavy atom. The van der Waals surface area contributed by atoms with Crippen LogP contribution in [0.25, 0.3) is 22.9 Å². The van der Waals surface area contributed by atoms with Crippen LogP contribution < -0.4 is 11.0 Å². The summed E-state index contributed by atoms with van der Waals surface area (Å²) in [5.74, 6) is 2.03. The summed E-state index contributed by atoms with van der Waals surface area (Å²) < 4.78 is 4.56. The van der Waals surface area contributed by atoms with Gasteiger partial charge in [-0.3, -0.25) is 9.13 Å². The van der Waals surface area contributed by atoms with Crippen molar-refractivity contribution < 1.29 is 0 Å². The first-order chi connectivity index (χ1) is 14.2. The van der Waals surface area contributed by atoms with Crippen LogP contribution >= 0.6 is 15.9 Å². The predicted molar refractivity (Wildman–Crippen MR) is 117 cm³/mol. The number of aromatic nitrogens is 4. The molecule has 3 heterocycles. The van der Waals surface area contributed by atoms with Gasteiger partial charge >= 0.3 is 5.69 Å². The second kappa shape index (κ2) is 7.15. The molecule has 3 aliphatic heterocycles. The Bertz CT molecular complexity index is 1200. The molecule has 0 aliphatic carbocycles. The molecule has 2 aromatic carbocycles. The number of hydrogen-bond acceptors (Lipinski definition) is 4. The first-order valence-electron chi connectivity index (χ1n) is 9.74. The van der Waals surface area contributed by atoms with Crippen LogP contribution in [0.3, 0.4) is 0 Å². The average molecular weight is 450 g/mol. The zero-order valence-corrected chi connectivity index (χ0v) is 17.6. The van der Waals surface area contributed by atoms with Crippen molar-refractivity contribution in [2.45, 2.75) is 32.5 Å². The Morgan fingerprint density at radius 2 is 1.86 bits per heavy atom. The van der Waals surface area contributed by atoms with Crippen LogP contribution in [0.5, 0.6) is 0 Å². The van der Waals surface area contributed by atoms with E-state index in [1.807, 2.05) is 42.5 Å². The van der Waals surface area contributed by atoms with Crippen LogP contribution in [-0.2, 0) is 13.1 Å². The van der Waals surface area contributed by atoms with Gasteiger partial charge in [-0.05, 0) is 24.1 Å². The largest absolute Gasteiger partial charge is 0.361 e. The summed E-state index contributed by atoms with van der Waals surface area (Å²) in [6, 6.07) is 18.1. The van der Waals surface area contributed by atoms with Gasteiger partial charge in [0.15, 0.2) is 11.6 Å². The van der Waals surface area contributed by atoms with Gasteiger partial charge < -0.3 is 5.32 Å². The molecule has 0 amide bonds. The van der Waals surface area contributed by atoms with Crippen molar-refractivity contribution in [2.75, 3.05) is 5.32 Å². The Labute approximate surface area is 176 Å². The van der Waals surface area contributed by atoms with Gasteiger partial charge in [0.05, 0.1) is 12.6 Å². The summed E-state index contributed by atoms with van der Waals surface area (Å²) in [4.78, 5) is 22.8. The second-order valence-electron chi connectivity index (χ2n) is 7.23. The minimum absolute atomic E-state index is 0.0393. The molecule has 0 saturated carbocycles. The van der Waals surface area contributed by atoms with E-state index in [4.69, 9.17) is 9.97 Å². The monoisotopic (exact) mass is 449 g/mol. The van der Waals surface area contributed by atoms with Crippen molar-refractivity contribution in [3.63, 3.8) is 0 Å². The van der Waals surface area contributed by atoms with Gasteiger partial charge in [0.2, 0.25) is 0 Å². The minimum atomic E-state index is -0.0393. The van der Waals surface area contributed by atoms with Crippen LogP contribution in [0.1, 0.15) is 24.9 Å².